The normalized spacial score (nSPS) is 23.4. The fourth-order valence-electron chi connectivity index (χ4n) is 2.16. The lowest BCUT2D eigenvalue weighted by atomic mass is 9.90. The van der Waals surface area contributed by atoms with Crippen molar-refractivity contribution >= 4 is 12.0 Å². The number of urea groups is 1. The van der Waals surface area contributed by atoms with E-state index in [1.54, 1.807) is 4.90 Å². The van der Waals surface area contributed by atoms with Crippen LogP contribution in [0.1, 0.15) is 12.8 Å². The summed E-state index contributed by atoms with van der Waals surface area (Å²) in [5, 5.41) is 12.0. The Morgan fingerprint density at radius 2 is 1.61 bits per heavy atom. The predicted octanol–water partition coefficient (Wildman–Crippen LogP) is -0.338. The molecule has 0 aliphatic carbocycles. The zero-order valence-electron chi connectivity index (χ0n) is 10.2. The molecule has 7 heteroatoms. The summed E-state index contributed by atoms with van der Waals surface area (Å²) in [7, 11) is 0. The lowest BCUT2D eigenvalue weighted by Crippen LogP contribution is -2.61. The number of carbonyl (C=O) groups is 2. The summed E-state index contributed by atoms with van der Waals surface area (Å²) < 4.78 is 10.3. The van der Waals surface area contributed by atoms with E-state index >= 15 is 0 Å². The first kappa shape index (κ1) is 13.1. The SMILES string of the molecule is O=C(NC1(C(=O)O)CCOCC1)N1CCOCC1. The fourth-order valence-corrected chi connectivity index (χ4v) is 2.16. The maximum atomic E-state index is 12.0. The molecule has 0 saturated carbocycles. The van der Waals surface area contributed by atoms with Crippen LogP contribution in [0.5, 0.6) is 0 Å². The Labute approximate surface area is 105 Å². The Morgan fingerprint density at radius 3 is 2.17 bits per heavy atom. The minimum absolute atomic E-state index is 0.304. The van der Waals surface area contributed by atoms with E-state index in [2.05, 4.69) is 5.32 Å². The van der Waals surface area contributed by atoms with E-state index in [0.717, 1.165) is 0 Å². The number of rotatable bonds is 2. The van der Waals surface area contributed by atoms with E-state index in [0.29, 0.717) is 52.4 Å². The largest absolute Gasteiger partial charge is 0.480 e. The summed E-state index contributed by atoms with van der Waals surface area (Å²) >= 11 is 0. The summed E-state index contributed by atoms with van der Waals surface area (Å²) in [6.07, 6.45) is 0.608. The summed E-state index contributed by atoms with van der Waals surface area (Å²) in [4.78, 5) is 25.0. The summed E-state index contributed by atoms with van der Waals surface area (Å²) in [6.45, 7) is 2.70. The highest BCUT2D eigenvalue weighted by Crippen LogP contribution is 2.21. The van der Waals surface area contributed by atoms with Gasteiger partial charge in [0.15, 0.2) is 0 Å². The second-order valence-electron chi connectivity index (χ2n) is 4.53. The highest BCUT2D eigenvalue weighted by molar-refractivity contribution is 5.86. The van der Waals surface area contributed by atoms with Gasteiger partial charge in [0.05, 0.1) is 13.2 Å². The van der Waals surface area contributed by atoms with Crippen LogP contribution in [0.2, 0.25) is 0 Å². The summed E-state index contributed by atoms with van der Waals surface area (Å²) in [5.74, 6) is -0.993. The first-order valence-electron chi connectivity index (χ1n) is 6.10. The van der Waals surface area contributed by atoms with Crippen LogP contribution >= 0.6 is 0 Å². The average molecular weight is 258 g/mol. The first-order chi connectivity index (χ1) is 8.64. The molecule has 0 bridgehead atoms. The number of carboxylic acid groups (broad SMARTS) is 1. The second-order valence-corrected chi connectivity index (χ2v) is 4.53. The Kier molecular flexibility index (Phi) is 4.03. The van der Waals surface area contributed by atoms with Gasteiger partial charge in [-0.1, -0.05) is 0 Å². The molecule has 2 aliphatic rings. The number of hydrogen-bond donors (Lipinski definition) is 2. The Hall–Kier alpha value is -1.34. The second kappa shape index (κ2) is 5.53. The van der Waals surface area contributed by atoms with Gasteiger partial charge in [-0.3, -0.25) is 0 Å². The van der Waals surface area contributed by atoms with Crippen molar-refractivity contribution < 1.29 is 24.2 Å². The van der Waals surface area contributed by atoms with Crippen LogP contribution in [0.25, 0.3) is 0 Å². The minimum Gasteiger partial charge on any atom is -0.480 e. The molecular weight excluding hydrogens is 240 g/mol. The molecule has 0 aromatic rings. The molecule has 0 unspecified atom stereocenters. The van der Waals surface area contributed by atoms with Crippen molar-refractivity contribution in [2.24, 2.45) is 0 Å². The van der Waals surface area contributed by atoms with Gasteiger partial charge >= 0.3 is 12.0 Å². The van der Waals surface area contributed by atoms with Gasteiger partial charge in [-0.15, -0.1) is 0 Å². The number of carboxylic acids is 1. The third kappa shape index (κ3) is 2.73. The summed E-state index contributed by atoms with van der Waals surface area (Å²) in [6, 6.07) is -0.331. The number of nitrogens with one attached hydrogen (secondary N) is 1. The molecule has 0 radical (unpaired) electrons. The smallest absolute Gasteiger partial charge is 0.329 e. The molecule has 0 spiro atoms. The molecule has 102 valence electrons. The topological polar surface area (TPSA) is 88.1 Å². The van der Waals surface area contributed by atoms with Gasteiger partial charge < -0.3 is 24.8 Å². The molecule has 0 aromatic carbocycles. The van der Waals surface area contributed by atoms with Crippen LogP contribution < -0.4 is 5.32 Å². The maximum absolute atomic E-state index is 12.0. The van der Waals surface area contributed by atoms with Crippen molar-refractivity contribution in [3.05, 3.63) is 0 Å². The zero-order chi connectivity index (χ0) is 13.0. The van der Waals surface area contributed by atoms with E-state index in [1.807, 2.05) is 0 Å². The van der Waals surface area contributed by atoms with Crippen molar-refractivity contribution in [2.45, 2.75) is 18.4 Å². The molecule has 0 atom stereocenters. The Balaban J connectivity index is 1.99. The molecule has 2 fully saturated rings. The third-order valence-electron chi connectivity index (χ3n) is 3.40. The van der Waals surface area contributed by atoms with E-state index in [4.69, 9.17) is 9.47 Å². The maximum Gasteiger partial charge on any atom is 0.329 e. The van der Waals surface area contributed by atoms with Crippen LogP contribution in [0.4, 0.5) is 4.79 Å². The standard InChI is InChI=1S/C11H18N2O5/c14-9(15)11(1-5-17-6-2-11)12-10(16)13-3-7-18-8-4-13/h1-8H2,(H,12,16)(H,14,15). The van der Waals surface area contributed by atoms with Crippen LogP contribution in [0, 0.1) is 0 Å². The molecule has 2 amide bonds. The predicted molar refractivity (Wildman–Crippen MR) is 61.3 cm³/mol. The number of hydrogen-bond acceptors (Lipinski definition) is 4. The van der Waals surface area contributed by atoms with E-state index in [1.165, 1.54) is 0 Å². The van der Waals surface area contributed by atoms with Crippen LogP contribution in [-0.4, -0.2) is 67.1 Å². The van der Waals surface area contributed by atoms with Crippen LogP contribution in [0.3, 0.4) is 0 Å². The molecule has 0 aromatic heterocycles. The third-order valence-corrected chi connectivity index (χ3v) is 3.40. The van der Waals surface area contributed by atoms with Crippen molar-refractivity contribution in [3.8, 4) is 0 Å². The van der Waals surface area contributed by atoms with E-state index in [-0.39, 0.29) is 6.03 Å². The van der Waals surface area contributed by atoms with Crippen LogP contribution in [0.15, 0.2) is 0 Å². The molecule has 2 aliphatic heterocycles. The fraction of sp³-hybridized carbons (Fsp3) is 0.818. The molecular formula is C11H18N2O5. The number of nitrogens with zero attached hydrogens (tertiary/aromatic N) is 1. The van der Waals surface area contributed by atoms with E-state index in [9.17, 15) is 14.7 Å². The van der Waals surface area contributed by atoms with Gasteiger partial charge in [0, 0.05) is 39.1 Å². The zero-order valence-corrected chi connectivity index (χ0v) is 10.2. The lowest BCUT2D eigenvalue weighted by Gasteiger charge is -2.36. The number of ether oxygens (including phenoxy) is 2. The van der Waals surface area contributed by atoms with Crippen molar-refractivity contribution in [1.82, 2.24) is 10.2 Å². The van der Waals surface area contributed by atoms with Crippen molar-refractivity contribution in [2.75, 3.05) is 39.5 Å². The molecule has 2 heterocycles. The van der Waals surface area contributed by atoms with Gasteiger partial charge in [0.25, 0.3) is 0 Å². The van der Waals surface area contributed by atoms with Gasteiger partial charge in [0.1, 0.15) is 5.54 Å². The van der Waals surface area contributed by atoms with Gasteiger partial charge in [-0.25, -0.2) is 9.59 Å². The summed E-state index contributed by atoms with van der Waals surface area (Å²) in [5.41, 5.74) is -1.19. The minimum atomic E-state index is -1.19. The number of morpholine rings is 1. The average Bonchev–Trinajstić information content (AvgIpc) is 2.40. The van der Waals surface area contributed by atoms with Gasteiger partial charge in [-0.05, 0) is 0 Å². The van der Waals surface area contributed by atoms with E-state index < -0.39 is 11.5 Å². The van der Waals surface area contributed by atoms with Crippen molar-refractivity contribution in [3.63, 3.8) is 0 Å². The molecule has 7 nitrogen and oxygen atoms in total. The number of carbonyl (C=O) groups excluding carboxylic acids is 1. The van der Waals surface area contributed by atoms with Gasteiger partial charge in [0.2, 0.25) is 0 Å². The quantitative estimate of drug-likeness (QED) is 0.707. The molecule has 18 heavy (non-hydrogen) atoms. The number of aliphatic carboxylic acids is 1. The highest BCUT2D eigenvalue weighted by Gasteiger charge is 2.42. The number of amides is 2. The van der Waals surface area contributed by atoms with Gasteiger partial charge in [-0.2, -0.15) is 0 Å². The first-order valence-corrected chi connectivity index (χ1v) is 6.10. The molecule has 2 saturated heterocycles. The highest BCUT2D eigenvalue weighted by atomic mass is 16.5. The molecule has 2 rings (SSSR count). The lowest BCUT2D eigenvalue weighted by molar-refractivity contribution is -0.148. The monoisotopic (exact) mass is 258 g/mol. The van der Waals surface area contributed by atoms with Crippen LogP contribution in [-0.2, 0) is 14.3 Å². The molecule has 2 N–H and O–H groups in total. The Morgan fingerprint density at radius 1 is 1.06 bits per heavy atom. The Bertz CT molecular complexity index is 321. The van der Waals surface area contributed by atoms with Crippen molar-refractivity contribution in [1.29, 1.82) is 0 Å².